The number of anilines is 2. The number of halogens is 3. The number of fused-ring (bicyclic) bond motifs is 1. The van der Waals surface area contributed by atoms with Crippen molar-refractivity contribution < 1.29 is 27.6 Å². The van der Waals surface area contributed by atoms with Gasteiger partial charge in [0.2, 0.25) is 0 Å². The van der Waals surface area contributed by atoms with Crippen molar-refractivity contribution in [3.63, 3.8) is 0 Å². The van der Waals surface area contributed by atoms with Crippen molar-refractivity contribution in [3.8, 4) is 22.6 Å². The number of nitrogens with one attached hydrogen (secondary N) is 1. The number of imidazole rings is 1. The molecule has 0 saturated carbocycles. The molecule has 2 amide bonds. The first-order valence-electron chi connectivity index (χ1n) is 10.2. The third-order valence-electron chi connectivity index (χ3n) is 4.93. The standard InChI is InChI=1S/C22H18F3N7O3/c1-2-27-21(34)32(35-12-33)15-5-3-4-13(8-15)17-11-28-18-9-14(6-7-31(17)18)20-29-10-16(19(26)30-20)22(23,24)25/h3-12H,2H2,1H3,(H,27,34)(H2,26,29,30). The van der Waals surface area contributed by atoms with Crippen LogP contribution in [0.1, 0.15) is 12.5 Å². The van der Waals surface area contributed by atoms with Gasteiger partial charge in [0.25, 0.3) is 0 Å². The number of pyridine rings is 1. The summed E-state index contributed by atoms with van der Waals surface area (Å²) in [6.45, 7) is 2.21. The predicted molar refractivity (Wildman–Crippen MR) is 120 cm³/mol. The summed E-state index contributed by atoms with van der Waals surface area (Å²) < 4.78 is 40.5. The SMILES string of the molecule is CCNC(=O)N(OC=O)c1cccc(-c2cnc3cc(-c4ncc(C(F)(F)F)c(N)n4)ccn23)c1. The van der Waals surface area contributed by atoms with Gasteiger partial charge < -0.3 is 15.9 Å². The fraction of sp³-hybridized carbons (Fsp3) is 0.136. The van der Waals surface area contributed by atoms with Crippen LogP contribution in [0.25, 0.3) is 28.3 Å². The predicted octanol–water partition coefficient (Wildman–Crippen LogP) is 3.68. The van der Waals surface area contributed by atoms with Crippen molar-refractivity contribution in [3.05, 3.63) is 60.6 Å². The summed E-state index contributed by atoms with van der Waals surface area (Å²) in [7, 11) is 0. The quantitative estimate of drug-likeness (QED) is 0.315. The molecule has 4 rings (SSSR count). The van der Waals surface area contributed by atoms with Crippen LogP contribution in [-0.2, 0) is 15.8 Å². The Kier molecular flexibility index (Phi) is 6.23. The van der Waals surface area contributed by atoms with E-state index in [-0.39, 0.29) is 12.3 Å². The number of alkyl halides is 3. The third kappa shape index (κ3) is 4.69. The second-order valence-corrected chi connectivity index (χ2v) is 7.16. The van der Waals surface area contributed by atoms with E-state index < -0.39 is 23.6 Å². The lowest BCUT2D eigenvalue weighted by atomic mass is 10.1. The van der Waals surface area contributed by atoms with E-state index in [9.17, 15) is 22.8 Å². The lowest BCUT2D eigenvalue weighted by Crippen LogP contribution is -2.39. The number of carbonyl (C=O) groups is 2. The van der Waals surface area contributed by atoms with Crippen LogP contribution in [0, 0.1) is 0 Å². The summed E-state index contributed by atoms with van der Waals surface area (Å²) in [5.74, 6) is -0.648. The highest BCUT2D eigenvalue weighted by atomic mass is 19.4. The van der Waals surface area contributed by atoms with Crippen molar-refractivity contribution in [1.29, 1.82) is 0 Å². The maximum Gasteiger partial charge on any atom is 0.421 e. The van der Waals surface area contributed by atoms with Gasteiger partial charge in [0, 0.05) is 30.1 Å². The minimum atomic E-state index is -4.65. The normalized spacial score (nSPS) is 11.3. The fourth-order valence-electron chi connectivity index (χ4n) is 3.37. The van der Waals surface area contributed by atoms with E-state index in [0.717, 1.165) is 5.06 Å². The zero-order chi connectivity index (χ0) is 25.2. The first-order valence-corrected chi connectivity index (χ1v) is 10.2. The van der Waals surface area contributed by atoms with Gasteiger partial charge in [-0.3, -0.25) is 9.20 Å². The van der Waals surface area contributed by atoms with Crippen LogP contribution in [0.5, 0.6) is 0 Å². The van der Waals surface area contributed by atoms with Crippen molar-refractivity contribution in [2.45, 2.75) is 13.1 Å². The summed E-state index contributed by atoms with van der Waals surface area (Å²) in [5.41, 5.74) is 6.87. The average molecular weight is 485 g/mol. The maximum atomic E-state index is 12.9. The molecule has 0 unspecified atom stereocenters. The minimum absolute atomic E-state index is 0.0214. The van der Waals surface area contributed by atoms with Gasteiger partial charge in [0.1, 0.15) is 17.0 Å². The molecule has 0 aliphatic carbocycles. The summed E-state index contributed by atoms with van der Waals surface area (Å²) in [6, 6.07) is 9.28. The van der Waals surface area contributed by atoms with Crippen LogP contribution < -0.4 is 16.1 Å². The van der Waals surface area contributed by atoms with E-state index >= 15 is 0 Å². The highest BCUT2D eigenvalue weighted by Gasteiger charge is 2.34. The largest absolute Gasteiger partial charge is 0.421 e. The van der Waals surface area contributed by atoms with Crippen molar-refractivity contribution >= 4 is 29.7 Å². The minimum Gasteiger partial charge on any atom is -0.383 e. The second-order valence-electron chi connectivity index (χ2n) is 7.16. The van der Waals surface area contributed by atoms with Crippen LogP contribution in [0.4, 0.5) is 29.5 Å². The monoisotopic (exact) mass is 485 g/mol. The van der Waals surface area contributed by atoms with Gasteiger partial charge in [-0.1, -0.05) is 12.1 Å². The van der Waals surface area contributed by atoms with Gasteiger partial charge in [0.05, 0.1) is 17.6 Å². The van der Waals surface area contributed by atoms with E-state index in [4.69, 9.17) is 10.6 Å². The van der Waals surface area contributed by atoms with Gasteiger partial charge in [-0.25, -0.2) is 19.7 Å². The zero-order valence-corrected chi connectivity index (χ0v) is 18.2. The number of carbonyl (C=O) groups excluding carboxylic acids is 2. The molecule has 180 valence electrons. The molecule has 0 aliphatic rings. The topological polar surface area (TPSA) is 128 Å². The maximum absolute atomic E-state index is 12.9. The molecule has 13 heteroatoms. The Morgan fingerprint density at radius 1 is 1.20 bits per heavy atom. The van der Waals surface area contributed by atoms with Gasteiger partial charge >= 0.3 is 18.7 Å². The number of urea groups is 1. The molecule has 1 aromatic carbocycles. The van der Waals surface area contributed by atoms with Crippen LogP contribution in [-0.4, -0.2) is 38.4 Å². The molecule has 0 radical (unpaired) electrons. The molecule has 3 heterocycles. The number of nitrogens with two attached hydrogens (primary N) is 1. The first kappa shape index (κ1) is 23.5. The van der Waals surface area contributed by atoms with E-state index in [0.29, 0.717) is 40.9 Å². The number of nitrogen functional groups attached to an aromatic ring is 1. The van der Waals surface area contributed by atoms with Crippen LogP contribution in [0.2, 0.25) is 0 Å². The molecule has 0 fully saturated rings. The Labute approximate surface area is 196 Å². The molecule has 0 saturated heterocycles. The molecule has 0 spiro atoms. The molecule has 10 nitrogen and oxygen atoms in total. The number of hydrogen-bond acceptors (Lipinski definition) is 7. The molecular formula is C22H18F3N7O3. The van der Waals surface area contributed by atoms with Gasteiger partial charge in [-0.15, -0.1) is 5.06 Å². The highest BCUT2D eigenvalue weighted by molar-refractivity contribution is 5.91. The van der Waals surface area contributed by atoms with Crippen molar-refractivity contribution in [1.82, 2.24) is 24.7 Å². The summed E-state index contributed by atoms with van der Waals surface area (Å²) in [6.07, 6.45) is -0.771. The summed E-state index contributed by atoms with van der Waals surface area (Å²) >= 11 is 0. The molecule has 35 heavy (non-hydrogen) atoms. The van der Waals surface area contributed by atoms with E-state index in [1.807, 2.05) is 0 Å². The molecule has 3 N–H and O–H groups in total. The van der Waals surface area contributed by atoms with Crippen LogP contribution >= 0.6 is 0 Å². The Balaban J connectivity index is 1.69. The smallest absolute Gasteiger partial charge is 0.383 e. The van der Waals surface area contributed by atoms with Crippen molar-refractivity contribution in [2.75, 3.05) is 17.3 Å². The lowest BCUT2D eigenvalue weighted by molar-refractivity contribution is -0.137. The van der Waals surface area contributed by atoms with Crippen LogP contribution in [0.15, 0.2) is 55.0 Å². The highest BCUT2D eigenvalue weighted by Crippen LogP contribution is 2.33. The molecule has 0 bridgehead atoms. The Hall–Kier alpha value is -4.68. The second kappa shape index (κ2) is 9.29. The van der Waals surface area contributed by atoms with E-state index in [2.05, 4.69) is 20.3 Å². The molecular weight excluding hydrogens is 467 g/mol. The number of nitrogens with zero attached hydrogens (tertiary/aromatic N) is 5. The first-order chi connectivity index (χ1) is 16.7. The number of hydrogen-bond donors (Lipinski definition) is 2. The fourth-order valence-corrected chi connectivity index (χ4v) is 3.37. The number of benzene rings is 1. The number of aromatic nitrogens is 4. The number of hydroxylamine groups is 1. The third-order valence-corrected chi connectivity index (χ3v) is 4.93. The Morgan fingerprint density at radius 2 is 2.00 bits per heavy atom. The number of amides is 2. The molecule has 0 aliphatic heterocycles. The molecule has 3 aromatic heterocycles. The summed E-state index contributed by atoms with van der Waals surface area (Å²) in [5, 5.41) is 3.38. The number of rotatable bonds is 6. The van der Waals surface area contributed by atoms with Gasteiger partial charge in [-0.05, 0) is 31.2 Å². The summed E-state index contributed by atoms with van der Waals surface area (Å²) in [4.78, 5) is 39.9. The molecule has 0 atom stereocenters. The lowest BCUT2D eigenvalue weighted by Gasteiger charge is -2.19. The molecule has 4 aromatic rings. The average Bonchev–Trinajstić information content (AvgIpc) is 3.25. The van der Waals surface area contributed by atoms with E-state index in [1.165, 1.54) is 0 Å². The van der Waals surface area contributed by atoms with E-state index in [1.54, 1.807) is 60.1 Å². The van der Waals surface area contributed by atoms with Crippen molar-refractivity contribution in [2.24, 2.45) is 0 Å². The van der Waals surface area contributed by atoms with Gasteiger partial charge in [0.15, 0.2) is 5.82 Å². The van der Waals surface area contributed by atoms with Gasteiger partial charge in [-0.2, -0.15) is 13.2 Å². The Bertz CT molecular complexity index is 1400. The zero-order valence-electron chi connectivity index (χ0n) is 18.2. The van der Waals surface area contributed by atoms with Crippen LogP contribution in [0.3, 0.4) is 0 Å². The Morgan fingerprint density at radius 3 is 2.69 bits per heavy atom.